The third kappa shape index (κ3) is 3.91. The van der Waals surface area contributed by atoms with Gasteiger partial charge in [0.2, 0.25) is 10.0 Å². The zero-order chi connectivity index (χ0) is 14.8. The van der Waals surface area contributed by atoms with E-state index < -0.39 is 10.0 Å². The van der Waals surface area contributed by atoms with Crippen molar-refractivity contribution in [3.63, 3.8) is 0 Å². The van der Waals surface area contributed by atoms with Crippen LogP contribution in [0.1, 0.15) is 24.2 Å². The molecule has 2 heterocycles. The average molecular weight is 299 g/mol. The lowest BCUT2D eigenvalue weighted by atomic mass is 10.1. The molecule has 112 valence electrons. The van der Waals surface area contributed by atoms with Crippen molar-refractivity contribution in [2.75, 3.05) is 19.3 Å². The molecule has 0 amide bonds. The lowest BCUT2D eigenvalue weighted by Gasteiger charge is -2.30. The zero-order valence-corrected chi connectivity index (χ0v) is 12.7. The van der Waals surface area contributed by atoms with E-state index in [1.165, 1.54) is 10.6 Å². The van der Waals surface area contributed by atoms with Crippen molar-refractivity contribution in [1.82, 2.24) is 14.6 Å². The van der Waals surface area contributed by atoms with Gasteiger partial charge in [0.05, 0.1) is 11.9 Å². The van der Waals surface area contributed by atoms with Crippen molar-refractivity contribution in [2.45, 2.75) is 32.4 Å². The highest BCUT2D eigenvalue weighted by Gasteiger charge is 2.24. The summed E-state index contributed by atoms with van der Waals surface area (Å²) in [6.07, 6.45) is 2.80. The van der Waals surface area contributed by atoms with Gasteiger partial charge in [-0.25, -0.2) is 12.7 Å². The maximum absolute atomic E-state index is 11.4. The summed E-state index contributed by atoms with van der Waals surface area (Å²) in [5.74, 6) is 0.191. The van der Waals surface area contributed by atoms with Gasteiger partial charge in [0.15, 0.2) is 0 Å². The Kier molecular flexibility index (Phi) is 4.62. The van der Waals surface area contributed by atoms with Gasteiger partial charge in [-0.15, -0.1) is 0 Å². The molecule has 1 saturated heterocycles. The molecule has 1 fully saturated rings. The van der Waals surface area contributed by atoms with Gasteiger partial charge in [-0.2, -0.15) is 0 Å². The first-order valence-corrected chi connectivity index (χ1v) is 8.55. The molecule has 7 heteroatoms. The number of aryl methyl sites for hydroxylation is 1. The van der Waals surface area contributed by atoms with E-state index in [4.69, 9.17) is 0 Å². The number of nitrogens with one attached hydrogen (secondary N) is 1. The highest BCUT2D eigenvalue weighted by Crippen LogP contribution is 2.17. The molecule has 1 aromatic heterocycles. The minimum absolute atomic E-state index is 0.191. The Bertz CT molecular complexity index is 566. The van der Waals surface area contributed by atoms with E-state index in [1.807, 2.05) is 6.92 Å². The Hall–Kier alpha value is -1.18. The number of nitrogens with zero attached hydrogens (tertiary/aromatic N) is 2. The molecule has 0 unspecified atom stereocenters. The molecular formula is C13H21N3O3S. The van der Waals surface area contributed by atoms with Crippen LogP contribution in [-0.4, -0.2) is 48.2 Å². The normalized spacial score (nSPS) is 18.3. The predicted octanol–water partition coefficient (Wildman–Crippen LogP) is 0.609. The summed E-state index contributed by atoms with van der Waals surface area (Å²) in [6.45, 7) is 3.47. The number of aromatic hydroxyl groups is 1. The van der Waals surface area contributed by atoms with Crippen molar-refractivity contribution >= 4 is 10.0 Å². The van der Waals surface area contributed by atoms with Crippen LogP contribution in [0.3, 0.4) is 0 Å². The summed E-state index contributed by atoms with van der Waals surface area (Å²) < 4.78 is 24.3. The standard InChI is InChI=1S/C13H21N3O3S/c1-10-3-4-13(17)12(15-10)9-14-11-5-7-16(8-6-11)20(2,18)19/h3-4,11,14,17H,5-9H2,1-2H3. The Labute approximate surface area is 119 Å². The lowest BCUT2D eigenvalue weighted by molar-refractivity contribution is 0.288. The first kappa shape index (κ1) is 15.2. The van der Waals surface area contributed by atoms with E-state index in [1.54, 1.807) is 12.1 Å². The molecule has 2 rings (SSSR count). The average Bonchev–Trinajstić information content (AvgIpc) is 2.39. The fraction of sp³-hybridized carbons (Fsp3) is 0.615. The van der Waals surface area contributed by atoms with Crippen LogP contribution >= 0.6 is 0 Å². The quantitative estimate of drug-likeness (QED) is 0.851. The maximum atomic E-state index is 11.4. The number of piperidine rings is 1. The van der Waals surface area contributed by atoms with Crippen LogP contribution in [0.5, 0.6) is 5.75 Å². The van der Waals surface area contributed by atoms with Crippen molar-refractivity contribution in [2.24, 2.45) is 0 Å². The number of rotatable bonds is 4. The van der Waals surface area contributed by atoms with Crippen LogP contribution in [-0.2, 0) is 16.6 Å². The first-order chi connectivity index (χ1) is 9.36. The summed E-state index contributed by atoms with van der Waals surface area (Å²) in [7, 11) is -3.08. The molecule has 0 spiro atoms. The molecule has 0 bridgehead atoms. The molecule has 1 aliphatic heterocycles. The molecular weight excluding hydrogens is 278 g/mol. The smallest absolute Gasteiger partial charge is 0.211 e. The summed E-state index contributed by atoms with van der Waals surface area (Å²) in [5, 5.41) is 13.1. The van der Waals surface area contributed by atoms with E-state index in [0.717, 1.165) is 18.5 Å². The van der Waals surface area contributed by atoms with Crippen LogP contribution in [0.2, 0.25) is 0 Å². The van der Waals surface area contributed by atoms with Gasteiger partial charge >= 0.3 is 0 Å². The fourth-order valence-corrected chi connectivity index (χ4v) is 3.24. The number of pyridine rings is 1. The number of sulfonamides is 1. The molecule has 0 aliphatic carbocycles. The second-order valence-electron chi connectivity index (χ2n) is 5.24. The van der Waals surface area contributed by atoms with E-state index in [-0.39, 0.29) is 11.8 Å². The van der Waals surface area contributed by atoms with Crippen molar-refractivity contribution in [1.29, 1.82) is 0 Å². The van der Waals surface area contributed by atoms with Crippen molar-refractivity contribution < 1.29 is 13.5 Å². The van der Waals surface area contributed by atoms with Crippen LogP contribution in [0.15, 0.2) is 12.1 Å². The predicted molar refractivity (Wildman–Crippen MR) is 76.9 cm³/mol. The Morgan fingerprint density at radius 1 is 1.40 bits per heavy atom. The van der Waals surface area contributed by atoms with Gasteiger partial charge in [0.1, 0.15) is 5.75 Å². The highest BCUT2D eigenvalue weighted by atomic mass is 32.2. The summed E-state index contributed by atoms with van der Waals surface area (Å²) in [6, 6.07) is 3.67. The first-order valence-electron chi connectivity index (χ1n) is 6.70. The van der Waals surface area contributed by atoms with Crippen LogP contribution in [0.25, 0.3) is 0 Å². The number of hydrogen-bond donors (Lipinski definition) is 2. The van der Waals surface area contributed by atoms with Gasteiger partial charge < -0.3 is 10.4 Å². The minimum atomic E-state index is -3.08. The zero-order valence-electron chi connectivity index (χ0n) is 11.8. The molecule has 1 aromatic rings. The molecule has 0 radical (unpaired) electrons. The Morgan fingerprint density at radius 3 is 2.65 bits per heavy atom. The molecule has 1 aliphatic rings. The molecule has 0 aromatic carbocycles. The van der Waals surface area contributed by atoms with Gasteiger partial charge in [0.25, 0.3) is 0 Å². The van der Waals surface area contributed by atoms with E-state index in [2.05, 4.69) is 10.3 Å². The summed E-state index contributed by atoms with van der Waals surface area (Å²) in [5.41, 5.74) is 1.50. The van der Waals surface area contributed by atoms with Gasteiger partial charge in [0, 0.05) is 31.4 Å². The molecule has 0 atom stereocenters. The Balaban J connectivity index is 1.86. The third-order valence-corrected chi connectivity index (χ3v) is 4.87. The van der Waals surface area contributed by atoms with E-state index >= 15 is 0 Å². The van der Waals surface area contributed by atoms with Crippen LogP contribution in [0.4, 0.5) is 0 Å². The Morgan fingerprint density at radius 2 is 2.05 bits per heavy atom. The SMILES string of the molecule is Cc1ccc(O)c(CNC2CCN(S(C)(=O)=O)CC2)n1. The highest BCUT2D eigenvalue weighted by molar-refractivity contribution is 7.88. The van der Waals surface area contributed by atoms with Crippen molar-refractivity contribution in [3.8, 4) is 5.75 Å². The second-order valence-corrected chi connectivity index (χ2v) is 7.22. The molecule has 2 N–H and O–H groups in total. The lowest BCUT2D eigenvalue weighted by Crippen LogP contribution is -2.44. The topological polar surface area (TPSA) is 82.5 Å². The second kappa shape index (κ2) is 6.07. The van der Waals surface area contributed by atoms with Crippen molar-refractivity contribution in [3.05, 3.63) is 23.5 Å². The monoisotopic (exact) mass is 299 g/mol. The number of aromatic nitrogens is 1. The summed E-state index contributed by atoms with van der Waals surface area (Å²) in [4.78, 5) is 4.29. The maximum Gasteiger partial charge on any atom is 0.211 e. The van der Waals surface area contributed by atoms with Gasteiger partial charge in [-0.3, -0.25) is 4.98 Å². The largest absolute Gasteiger partial charge is 0.506 e. The molecule has 20 heavy (non-hydrogen) atoms. The van der Waals surface area contributed by atoms with Gasteiger partial charge in [-0.05, 0) is 31.9 Å². The van der Waals surface area contributed by atoms with Gasteiger partial charge in [-0.1, -0.05) is 0 Å². The van der Waals surface area contributed by atoms with Crippen LogP contribution in [0, 0.1) is 6.92 Å². The third-order valence-electron chi connectivity index (χ3n) is 3.57. The minimum Gasteiger partial charge on any atom is -0.506 e. The fourth-order valence-electron chi connectivity index (χ4n) is 2.37. The summed E-state index contributed by atoms with van der Waals surface area (Å²) >= 11 is 0. The number of hydrogen-bond acceptors (Lipinski definition) is 5. The van der Waals surface area contributed by atoms with Crippen LogP contribution < -0.4 is 5.32 Å². The molecule has 6 nitrogen and oxygen atoms in total. The van der Waals surface area contributed by atoms with E-state index in [9.17, 15) is 13.5 Å². The molecule has 0 saturated carbocycles. The van der Waals surface area contributed by atoms with E-state index in [0.29, 0.717) is 25.3 Å².